The maximum absolute atomic E-state index is 11.1. The highest BCUT2D eigenvalue weighted by atomic mass is 31.1. The van der Waals surface area contributed by atoms with E-state index >= 15 is 0 Å². The van der Waals surface area contributed by atoms with Crippen LogP contribution in [0.15, 0.2) is 61.2 Å². The van der Waals surface area contributed by atoms with Crippen LogP contribution >= 0.6 is 7.80 Å². The molecule has 0 aliphatic carbocycles. The van der Waals surface area contributed by atoms with Gasteiger partial charge in [0.25, 0.3) is 0 Å². The molecule has 1 aromatic carbocycles. The van der Waals surface area contributed by atoms with E-state index in [1.165, 1.54) is 5.82 Å². The first-order chi connectivity index (χ1) is 7.84. The highest BCUT2D eigenvalue weighted by Crippen LogP contribution is 2.18. The molecule has 0 radical (unpaired) electrons. The van der Waals surface area contributed by atoms with Gasteiger partial charge in [-0.3, -0.25) is 0 Å². The summed E-state index contributed by atoms with van der Waals surface area (Å²) in [5.74, 6) is 1.50. The number of nitrogens with zero attached hydrogens (tertiary/aromatic N) is 3. The summed E-state index contributed by atoms with van der Waals surface area (Å²) >= 11 is 0. The van der Waals surface area contributed by atoms with Crippen molar-refractivity contribution in [3.63, 3.8) is 0 Å². The molecule has 16 heavy (non-hydrogen) atoms. The van der Waals surface area contributed by atoms with Gasteiger partial charge in [0, 0.05) is 5.30 Å². The summed E-state index contributed by atoms with van der Waals surface area (Å²) in [4.78, 5) is 0. The van der Waals surface area contributed by atoms with Gasteiger partial charge in [0.1, 0.15) is 7.80 Å². The van der Waals surface area contributed by atoms with Gasteiger partial charge in [-0.1, -0.05) is 36.9 Å². The monoisotopic (exact) mass is 233 g/mol. The first kappa shape index (κ1) is 12.3. The number of hydrogen-bond acceptors (Lipinski definition) is 4. The van der Waals surface area contributed by atoms with Crippen molar-refractivity contribution in [2.75, 3.05) is 0 Å². The molecule has 1 heterocycles. The van der Waals surface area contributed by atoms with Crippen molar-refractivity contribution in [2.24, 2.45) is 0 Å². The van der Waals surface area contributed by atoms with Crippen LogP contribution < -0.4 is 5.30 Å². The Labute approximate surface area is 94.8 Å². The van der Waals surface area contributed by atoms with E-state index in [0.29, 0.717) is 0 Å². The molecule has 0 bridgehead atoms. The maximum Gasteiger partial charge on any atom is 0.124 e. The molecule has 5 heteroatoms. The van der Waals surface area contributed by atoms with Crippen LogP contribution in [0.5, 0.6) is 0 Å². The molecule has 0 spiro atoms. The lowest BCUT2D eigenvalue weighted by Gasteiger charge is -1.92. The fourth-order valence-corrected chi connectivity index (χ4v) is 1.68. The Bertz CT molecular complexity index is 407. The minimum absolute atomic E-state index is 0.877. The van der Waals surface area contributed by atoms with Crippen molar-refractivity contribution >= 4 is 13.1 Å². The molecule has 0 saturated heterocycles. The summed E-state index contributed by atoms with van der Waals surface area (Å²) in [5.41, 5.74) is 0. The summed E-state index contributed by atoms with van der Waals surface area (Å²) in [5, 5.41) is 11.0. The molecular formula is C11H12N3OP. The molecular weight excluding hydrogens is 221 g/mol. The summed E-state index contributed by atoms with van der Waals surface area (Å²) in [7, 11) is -1.69. The lowest BCUT2D eigenvalue weighted by atomic mass is 10.4. The molecule has 0 aliphatic rings. The standard InChI is InChI=1S/C8H9OP.C3H3N3/c1-2-10(9)8-6-4-3-5-7-8;1-2-4-6-5-3-1/h2-7,10H,1H2;1-3H. The molecule has 0 fully saturated rings. The SMILES string of the molecule is C=C[PH](=O)c1ccccc1.c1cnnnc1. The Hall–Kier alpha value is -1.80. The molecule has 82 valence electrons. The van der Waals surface area contributed by atoms with Gasteiger partial charge in [-0.2, -0.15) is 0 Å². The van der Waals surface area contributed by atoms with E-state index in [4.69, 9.17) is 0 Å². The fraction of sp³-hybridized carbons (Fsp3) is 0. The van der Waals surface area contributed by atoms with E-state index in [0.717, 1.165) is 5.30 Å². The van der Waals surface area contributed by atoms with E-state index in [2.05, 4.69) is 22.0 Å². The molecule has 0 aliphatic heterocycles. The molecule has 1 unspecified atom stereocenters. The Morgan fingerprint density at radius 3 is 2.06 bits per heavy atom. The van der Waals surface area contributed by atoms with Crippen molar-refractivity contribution in [2.45, 2.75) is 0 Å². The molecule has 0 amide bonds. The average Bonchev–Trinajstić information content (AvgIpc) is 2.41. The molecule has 2 aromatic rings. The maximum atomic E-state index is 11.1. The van der Waals surface area contributed by atoms with Crippen LogP contribution in [0.1, 0.15) is 0 Å². The van der Waals surface area contributed by atoms with Gasteiger partial charge in [-0.25, -0.2) is 0 Å². The van der Waals surface area contributed by atoms with Crippen LogP contribution in [0.25, 0.3) is 0 Å². The second kappa shape index (κ2) is 7.49. The van der Waals surface area contributed by atoms with E-state index in [1.807, 2.05) is 30.3 Å². The highest BCUT2D eigenvalue weighted by molar-refractivity contribution is 7.56. The van der Waals surface area contributed by atoms with Gasteiger partial charge < -0.3 is 4.57 Å². The molecule has 1 atom stereocenters. The fourth-order valence-electron chi connectivity index (χ4n) is 0.925. The zero-order chi connectivity index (χ0) is 11.6. The van der Waals surface area contributed by atoms with Crippen LogP contribution in [0, 0.1) is 0 Å². The predicted octanol–water partition coefficient (Wildman–Crippen LogP) is 1.89. The van der Waals surface area contributed by atoms with Crippen molar-refractivity contribution in [1.29, 1.82) is 0 Å². The van der Waals surface area contributed by atoms with Crippen LogP contribution in [-0.4, -0.2) is 15.4 Å². The lowest BCUT2D eigenvalue weighted by Crippen LogP contribution is -1.90. The van der Waals surface area contributed by atoms with Crippen molar-refractivity contribution < 1.29 is 4.57 Å². The third kappa shape index (κ3) is 4.62. The zero-order valence-electron chi connectivity index (χ0n) is 8.65. The highest BCUT2D eigenvalue weighted by Gasteiger charge is 1.93. The number of aromatic nitrogens is 3. The number of benzene rings is 1. The van der Waals surface area contributed by atoms with Crippen molar-refractivity contribution in [3.05, 3.63) is 61.2 Å². The largest absolute Gasteiger partial charge is 0.318 e. The van der Waals surface area contributed by atoms with Crippen LogP contribution in [0.3, 0.4) is 0 Å². The first-order valence-corrected chi connectivity index (χ1v) is 6.13. The minimum atomic E-state index is -1.69. The van der Waals surface area contributed by atoms with Gasteiger partial charge in [0.05, 0.1) is 12.4 Å². The van der Waals surface area contributed by atoms with Crippen molar-refractivity contribution in [1.82, 2.24) is 15.4 Å². The summed E-state index contributed by atoms with van der Waals surface area (Å²) in [6.45, 7) is 3.47. The minimum Gasteiger partial charge on any atom is -0.318 e. The van der Waals surface area contributed by atoms with Gasteiger partial charge in [-0.15, -0.1) is 10.2 Å². The Morgan fingerprint density at radius 1 is 1.06 bits per heavy atom. The van der Waals surface area contributed by atoms with E-state index in [-0.39, 0.29) is 0 Å². The third-order valence-electron chi connectivity index (χ3n) is 1.65. The van der Waals surface area contributed by atoms with Gasteiger partial charge in [0.15, 0.2) is 0 Å². The summed E-state index contributed by atoms with van der Waals surface area (Å²) in [6.07, 6.45) is 3.15. The number of hydrogen-bond donors (Lipinski definition) is 0. The predicted molar refractivity (Wildman–Crippen MR) is 65.1 cm³/mol. The van der Waals surface area contributed by atoms with Gasteiger partial charge in [-0.05, 0) is 17.1 Å². The molecule has 0 N–H and O–H groups in total. The smallest absolute Gasteiger partial charge is 0.124 e. The third-order valence-corrected chi connectivity index (χ3v) is 2.93. The van der Waals surface area contributed by atoms with E-state index < -0.39 is 7.80 Å². The summed E-state index contributed by atoms with van der Waals surface area (Å²) < 4.78 is 11.1. The van der Waals surface area contributed by atoms with Gasteiger partial charge >= 0.3 is 0 Å². The normalized spacial score (nSPS) is 10.8. The van der Waals surface area contributed by atoms with Gasteiger partial charge in [0.2, 0.25) is 0 Å². The summed E-state index contributed by atoms with van der Waals surface area (Å²) in [6, 6.07) is 11.1. The Balaban J connectivity index is 0.000000181. The van der Waals surface area contributed by atoms with Crippen LogP contribution in [0.2, 0.25) is 0 Å². The Kier molecular flexibility index (Phi) is 5.74. The zero-order valence-corrected chi connectivity index (χ0v) is 9.65. The molecule has 0 saturated carbocycles. The lowest BCUT2D eigenvalue weighted by molar-refractivity contribution is 0.598. The van der Waals surface area contributed by atoms with E-state index in [9.17, 15) is 4.57 Å². The van der Waals surface area contributed by atoms with E-state index in [1.54, 1.807) is 18.5 Å². The Morgan fingerprint density at radius 2 is 1.69 bits per heavy atom. The number of rotatable bonds is 2. The second-order valence-corrected chi connectivity index (χ2v) is 4.46. The quantitative estimate of drug-likeness (QED) is 0.743. The molecule has 1 aromatic heterocycles. The molecule has 4 nitrogen and oxygen atoms in total. The van der Waals surface area contributed by atoms with Crippen LogP contribution in [-0.2, 0) is 4.57 Å². The van der Waals surface area contributed by atoms with Crippen molar-refractivity contribution in [3.8, 4) is 0 Å². The topological polar surface area (TPSA) is 55.7 Å². The first-order valence-electron chi connectivity index (χ1n) is 4.64. The molecule has 2 rings (SSSR count). The average molecular weight is 233 g/mol. The van der Waals surface area contributed by atoms with Crippen LogP contribution in [0.4, 0.5) is 0 Å². The second-order valence-electron chi connectivity index (χ2n) is 2.75.